The van der Waals surface area contributed by atoms with E-state index in [2.05, 4.69) is 0 Å². The van der Waals surface area contributed by atoms with E-state index in [4.69, 9.17) is 4.42 Å². The van der Waals surface area contributed by atoms with E-state index >= 15 is 0 Å². The van der Waals surface area contributed by atoms with E-state index in [1.165, 1.54) is 13.0 Å². The van der Waals surface area contributed by atoms with Crippen LogP contribution in [0, 0.1) is 11.6 Å². The molecule has 1 aromatic heterocycles. The van der Waals surface area contributed by atoms with E-state index in [1.54, 1.807) is 0 Å². The third-order valence-electron chi connectivity index (χ3n) is 1.91. The maximum Gasteiger partial charge on any atom is 0.194 e. The maximum absolute atomic E-state index is 12.8. The summed E-state index contributed by atoms with van der Waals surface area (Å²) in [5.74, 6) is -2.11. The van der Waals surface area contributed by atoms with Gasteiger partial charge >= 0.3 is 0 Å². The normalized spacial score (nSPS) is 10.8. The highest BCUT2D eigenvalue weighted by Gasteiger charge is 2.11. The second-order valence-corrected chi connectivity index (χ2v) is 2.97. The Balaban J connectivity index is 2.72. The van der Waals surface area contributed by atoms with Gasteiger partial charge in [-0.2, -0.15) is 0 Å². The van der Waals surface area contributed by atoms with Crippen molar-refractivity contribution in [3.05, 3.63) is 35.6 Å². The minimum atomic E-state index is -0.984. The van der Waals surface area contributed by atoms with Gasteiger partial charge in [0.15, 0.2) is 23.2 Å². The lowest BCUT2D eigenvalue weighted by Crippen LogP contribution is -1.85. The molecule has 2 rings (SSSR count). The topological polar surface area (TPSA) is 30.2 Å². The van der Waals surface area contributed by atoms with Gasteiger partial charge in [0.05, 0.1) is 0 Å². The molecule has 1 aromatic carbocycles. The molecule has 0 aliphatic heterocycles. The molecule has 0 saturated carbocycles. The van der Waals surface area contributed by atoms with Crippen LogP contribution in [0.15, 0.2) is 22.6 Å². The number of rotatable bonds is 1. The first-order valence-corrected chi connectivity index (χ1v) is 3.97. The lowest BCUT2D eigenvalue weighted by molar-refractivity contribution is 0.0989. The second kappa shape index (κ2) is 2.90. The number of Topliss-reactive ketones (excluding diaryl/α,β-unsaturated/α-hetero) is 1. The van der Waals surface area contributed by atoms with Crippen LogP contribution in [0.25, 0.3) is 11.0 Å². The van der Waals surface area contributed by atoms with E-state index in [-0.39, 0.29) is 17.1 Å². The first-order valence-electron chi connectivity index (χ1n) is 3.97. The molecule has 0 N–H and O–H groups in total. The fraction of sp³-hybridized carbons (Fsp3) is 0.100. The Bertz CT molecular complexity index is 475. The third-order valence-corrected chi connectivity index (χ3v) is 1.91. The van der Waals surface area contributed by atoms with Gasteiger partial charge in [-0.3, -0.25) is 4.79 Å². The van der Waals surface area contributed by atoms with Crippen molar-refractivity contribution < 1.29 is 18.0 Å². The zero-order chi connectivity index (χ0) is 10.3. The van der Waals surface area contributed by atoms with Crippen molar-refractivity contribution in [2.75, 3.05) is 0 Å². The number of hydrogen-bond donors (Lipinski definition) is 0. The van der Waals surface area contributed by atoms with Gasteiger partial charge in [0, 0.05) is 18.4 Å². The van der Waals surface area contributed by atoms with Gasteiger partial charge in [0.2, 0.25) is 0 Å². The lowest BCUT2D eigenvalue weighted by atomic mass is 10.2. The number of carbonyl (C=O) groups excluding carboxylic acids is 1. The van der Waals surface area contributed by atoms with Crippen LogP contribution in [-0.2, 0) is 0 Å². The molecule has 2 nitrogen and oxygen atoms in total. The molecule has 0 atom stereocenters. The molecule has 14 heavy (non-hydrogen) atoms. The summed E-state index contributed by atoms with van der Waals surface area (Å²) in [7, 11) is 0. The quantitative estimate of drug-likeness (QED) is 0.656. The van der Waals surface area contributed by atoms with E-state index in [0.717, 1.165) is 12.1 Å². The zero-order valence-corrected chi connectivity index (χ0v) is 7.30. The molecule has 0 bridgehead atoms. The number of benzene rings is 1. The molecule has 0 aliphatic carbocycles. The summed E-state index contributed by atoms with van der Waals surface area (Å²) < 4.78 is 30.5. The predicted octanol–water partition coefficient (Wildman–Crippen LogP) is 2.91. The molecule has 0 aliphatic rings. The Morgan fingerprint density at radius 1 is 1.21 bits per heavy atom. The molecule has 0 saturated heterocycles. The molecule has 0 unspecified atom stereocenters. The van der Waals surface area contributed by atoms with Gasteiger partial charge in [-0.15, -0.1) is 0 Å². The monoisotopic (exact) mass is 196 g/mol. The van der Waals surface area contributed by atoms with Crippen LogP contribution in [0.2, 0.25) is 0 Å². The van der Waals surface area contributed by atoms with Crippen LogP contribution < -0.4 is 0 Å². The van der Waals surface area contributed by atoms with Crippen LogP contribution in [-0.4, -0.2) is 5.78 Å². The minimum Gasteiger partial charge on any atom is -0.453 e. The number of halogens is 2. The molecule has 0 fully saturated rings. The minimum absolute atomic E-state index is 0.102. The van der Waals surface area contributed by atoms with E-state index < -0.39 is 11.6 Å². The van der Waals surface area contributed by atoms with Gasteiger partial charge in [0.25, 0.3) is 0 Å². The Morgan fingerprint density at radius 3 is 2.50 bits per heavy atom. The summed E-state index contributed by atoms with van der Waals surface area (Å²) in [5.41, 5.74) is 0.175. The SMILES string of the molecule is CC(=O)c1cc2cc(F)c(F)cc2o1. The van der Waals surface area contributed by atoms with Crippen LogP contribution >= 0.6 is 0 Å². The van der Waals surface area contributed by atoms with Crippen molar-refractivity contribution in [1.29, 1.82) is 0 Å². The van der Waals surface area contributed by atoms with Gasteiger partial charge in [-0.25, -0.2) is 8.78 Å². The van der Waals surface area contributed by atoms with Crippen LogP contribution in [0.4, 0.5) is 8.78 Å². The van der Waals surface area contributed by atoms with Gasteiger partial charge < -0.3 is 4.42 Å². The van der Waals surface area contributed by atoms with Gasteiger partial charge in [-0.1, -0.05) is 0 Å². The summed E-state index contributed by atoms with van der Waals surface area (Å²) in [4.78, 5) is 10.9. The molecule has 0 radical (unpaired) electrons. The molecule has 0 amide bonds. The fourth-order valence-electron chi connectivity index (χ4n) is 1.21. The smallest absolute Gasteiger partial charge is 0.194 e. The number of furan rings is 1. The Morgan fingerprint density at radius 2 is 1.86 bits per heavy atom. The fourth-order valence-corrected chi connectivity index (χ4v) is 1.21. The van der Waals surface area contributed by atoms with Crippen molar-refractivity contribution in [1.82, 2.24) is 0 Å². The van der Waals surface area contributed by atoms with Gasteiger partial charge in [0.1, 0.15) is 5.58 Å². The Kier molecular flexibility index (Phi) is 1.84. The van der Waals surface area contributed by atoms with Crippen molar-refractivity contribution in [3.8, 4) is 0 Å². The summed E-state index contributed by atoms with van der Waals surface area (Å²) in [5, 5.41) is 0.383. The zero-order valence-electron chi connectivity index (χ0n) is 7.30. The number of carbonyl (C=O) groups is 1. The number of hydrogen-bond acceptors (Lipinski definition) is 2. The van der Waals surface area contributed by atoms with E-state index in [0.29, 0.717) is 5.39 Å². The first-order chi connectivity index (χ1) is 6.58. The number of ketones is 1. The summed E-state index contributed by atoms with van der Waals surface area (Å²) >= 11 is 0. The molecule has 1 heterocycles. The van der Waals surface area contributed by atoms with Gasteiger partial charge in [-0.05, 0) is 12.1 Å². The summed E-state index contributed by atoms with van der Waals surface area (Å²) in [6, 6.07) is 3.32. The maximum atomic E-state index is 12.8. The number of fused-ring (bicyclic) bond motifs is 1. The highest BCUT2D eigenvalue weighted by molar-refractivity contribution is 5.95. The summed E-state index contributed by atoms with van der Waals surface area (Å²) in [6.07, 6.45) is 0. The molecule has 4 heteroatoms. The average molecular weight is 196 g/mol. The molecule has 2 aromatic rings. The summed E-state index contributed by atoms with van der Waals surface area (Å²) in [6.45, 7) is 1.32. The molecule has 72 valence electrons. The second-order valence-electron chi connectivity index (χ2n) is 2.97. The predicted molar refractivity (Wildman–Crippen MR) is 46.1 cm³/mol. The van der Waals surface area contributed by atoms with Crippen molar-refractivity contribution in [2.24, 2.45) is 0 Å². The van der Waals surface area contributed by atoms with Crippen molar-refractivity contribution in [2.45, 2.75) is 6.92 Å². The highest BCUT2D eigenvalue weighted by Crippen LogP contribution is 2.22. The largest absolute Gasteiger partial charge is 0.453 e. The van der Waals surface area contributed by atoms with Crippen LogP contribution in [0.3, 0.4) is 0 Å². The Hall–Kier alpha value is -1.71. The highest BCUT2D eigenvalue weighted by atomic mass is 19.2. The van der Waals surface area contributed by atoms with Crippen molar-refractivity contribution >= 4 is 16.8 Å². The molecule has 0 spiro atoms. The molecular weight excluding hydrogens is 190 g/mol. The molecular formula is C10H6F2O2. The standard InChI is InChI=1S/C10H6F2O2/c1-5(13)9-3-6-2-7(11)8(12)4-10(6)14-9/h2-4H,1H3. The van der Waals surface area contributed by atoms with Crippen LogP contribution in [0.1, 0.15) is 17.5 Å². The van der Waals surface area contributed by atoms with E-state index in [1.807, 2.05) is 0 Å². The van der Waals surface area contributed by atoms with Crippen LogP contribution in [0.5, 0.6) is 0 Å². The Labute approximate surface area is 78.1 Å². The first kappa shape index (κ1) is 8.87. The lowest BCUT2D eigenvalue weighted by Gasteiger charge is -1.90. The average Bonchev–Trinajstić information content (AvgIpc) is 2.48. The third kappa shape index (κ3) is 1.28. The van der Waals surface area contributed by atoms with Crippen molar-refractivity contribution in [3.63, 3.8) is 0 Å². The van der Waals surface area contributed by atoms with E-state index in [9.17, 15) is 13.6 Å².